The predicted molar refractivity (Wildman–Crippen MR) is 77.2 cm³/mol. The highest BCUT2D eigenvalue weighted by atomic mass is 16.5. The Morgan fingerprint density at radius 1 is 1.50 bits per heavy atom. The summed E-state index contributed by atoms with van der Waals surface area (Å²) in [5.41, 5.74) is 0.427. The molecule has 1 amide bonds. The molecule has 2 aliphatic rings. The lowest BCUT2D eigenvalue weighted by molar-refractivity contribution is -0.0384. The SMILES string of the molecule is Cc1oc(C#N)cc1C(=O)N1CCOCC1C1CCCC1O. The van der Waals surface area contributed by atoms with Crippen LogP contribution in [-0.4, -0.2) is 47.8 Å². The van der Waals surface area contributed by atoms with E-state index in [1.165, 1.54) is 6.07 Å². The van der Waals surface area contributed by atoms with Gasteiger partial charge in [0.25, 0.3) is 5.91 Å². The van der Waals surface area contributed by atoms with E-state index >= 15 is 0 Å². The Bertz CT molecular complexity index is 604. The molecule has 1 saturated heterocycles. The molecule has 1 aromatic rings. The highest BCUT2D eigenvalue weighted by Crippen LogP contribution is 2.33. The molecule has 1 saturated carbocycles. The molecule has 3 unspecified atom stereocenters. The molecule has 0 spiro atoms. The Morgan fingerprint density at radius 2 is 2.32 bits per heavy atom. The van der Waals surface area contributed by atoms with E-state index in [0.717, 1.165) is 19.3 Å². The molecule has 1 aliphatic heterocycles. The Labute approximate surface area is 129 Å². The number of amides is 1. The number of aliphatic hydroxyl groups is 1. The monoisotopic (exact) mass is 304 g/mol. The summed E-state index contributed by atoms with van der Waals surface area (Å²) in [4.78, 5) is 14.6. The maximum absolute atomic E-state index is 12.8. The van der Waals surface area contributed by atoms with Gasteiger partial charge in [-0.2, -0.15) is 5.26 Å². The second-order valence-corrected chi connectivity index (χ2v) is 6.00. The summed E-state index contributed by atoms with van der Waals surface area (Å²) in [5, 5.41) is 19.1. The lowest BCUT2D eigenvalue weighted by Crippen LogP contribution is -2.53. The van der Waals surface area contributed by atoms with Crippen molar-refractivity contribution < 1.29 is 19.1 Å². The Hall–Kier alpha value is -1.84. The van der Waals surface area contributed by atoms with Gasteiger partial charge in [0.2, 0.25) is 5.76 Å². The minimum Gasteiger partial charge on any atom is -0.450 e. The summed E-state index contributed by atoms with van der Waals surface area (Å²) in [6.45, 7) is 3.13. The molecule has 2 fully saturated rings. The largest absolute Gasteiger partial charge is 0.450 e. The topological polar surface area (TPSA) is 86.7 Å². The number of rotatable bonds is 2. The van der Waals surface area contributed by atoms with Gasteiger partial charge in [0.05, 0.1) is 30.9 Å². The molecule has 22 heavy (non-hydrogen) atoms. The van der Waals surface area contributed by atoms with Gasteiger partial charge in [-0.3, -0.25) is 4.79 Å². The average Bonchev–Trinajstić information content (AvgIpc) is 3.12. The van der Waals surface area contributed by atoms with E-state index in [-0.39, 0.29) is 29.7 Å². The van der Waals surface area contributed by atoms with E-state index in [4.69, 9.17) is 14.4 Å². The van der Waals surface area contributed by atoms with Gasteiger partial charge < -0.3 is 19.2 Å². The highest BCUT2D eigenvalue weighted by molar-refractivity contribution is 5.95. The van der Waals surface area contributed by atoms with Gasteiger partial charge in [0.1, 0.15) is 11.8 Å². The molecular formula is C16H20N2O4. The Kier molecular flexibility index (Phi) is 4.19. The van der Waals surface area contributed by atoms with Crippen molar-refractivity contribution in [3.8, 4) is 6.07 Å². The Morgan fingerprint density at radius 3 is 2.95 bits per heavy atom. The van der Waals surface area contributed by atoms with Gasteiger partial charge >= 0.3 is 0 Å². The molecular weight excluding hydrogens is 284 g/mol. The molecule has 0 radical (unpaired) electrons. The van der Waals surface area contributed by atoms with Crippen molar-refractivity contribution in [3.63, 3.8) is 0 Å². The first-order chi connectivity index (χ1) is 10.6. The van der Waals surface area contributed by atoms with Crippen molar-refractivity contribution in [2.75, 3.05) is 19.8 Å². The van der Waals surface area contributed by atoms with Crippen LogP contribution < -0.4 is 0 Å². The number of carbonyl (C=O) groups is 1. The van der Waals surface area contributed by atoms with Crippen LogP contribution in [0.15, 0.2) is 10.5 Å². The minimum atomic E-state index is -0.373. The van der Waals surface area contributed by atoms with E-state index in [1.807, 2.05) is 6.07 Å². The molecule has 6 heteroatoms. The van der Waals surface area contributed by atoms with Gasteiger partial charge in [-0.1, -0.05) is 6.42 Å². The number of furan rings is 1. The number of hydrogen-bond donors (Lipinski definition) is 1. The zero-order chi connectivity index (χ0) is 15.7. The van der Waals surface area contributed by atoms with Crippen molar-refractivity contribution in [2.45, 2.75) is 38.3 Å². The Balaban J connectivity index is 1.85. The number of ether oxygens (including phenoxy) is 1. The zero-order valence-corrected chi connectivity index (χ0v) is 12.6. The maximum Gasteiger partial charge on any atom is 0.257 e. The molecule has 1 aromatic heterocycles. The standard InChI is InChI=1S/C16H20N2O4/c1-10-13(7-11(8-17)22-10)16(20)18-5-6-21-9-14(18)12-3-2-4-15(12)19/h7,12,14-15,19H,2-6,9H2,1H3. The van der Waals surface area contributed by atoms with Crippen LogP contribution in [0.4, 0.5) is 0 Å². The molecule has 1 aliphatic carbocycles. The number of morpholine rings is 1. The molecule has 6 nitrogen and oxygen atoms in total. The molecule has 0 aromatic carbocycles. The van der Waals surface area contributed by atoms with Crippen molar-refractivity contribution in [3.05, 3.63) is 23.2 Å². The third kappa shape index (κ3) is 2.62. The van der Waals surface area contributed by atoms with Gasteiger partial charge in [0.15, 0.2) is 0 Å². The molecule has 1 N–H and O–H groups in total. The van der Waals surface area contributed by atoms with Crippen molar-refractivity contribution >= 4 is 5.91 Å². The lowest BCUT2D eigenvalue weighted by atomic mass is 9.93. The second kappa shape index (κ2) is 6.11. The second-order valence-electron chi connectivity index (χ2n) is 6.00. The summed E-state index contributed by atoms with van der Waals surface area (Å²) < 4.78 is 10.8. The van der Waals surface area contributed by atoms with Crippen molar-refractivity contribution in [2.24, 2.45) is 5.92 Å². The summed E-state index contributed by atoms with van der Waals surface area (Å²) >= 11 is 0. The summed E-state index contributed by atoms with van der Waals surface area (Å²) in [5.74, 6) is 0.521. The summed E-state index contributed by atoms with van der Waals surface area (Å²) in [6.07, 6.45) is 2.30. The summed E-state index contributed by atoms with van der Waals surface area (Å²) in [6, 6.07) is 3.30. The van der Waals surface area contributed by atoms with Crippen molar-refractivity contribution in [1.29, 1.82) is 5.26 Å². The smallest absolute Gasteiger partial charge is 0.257 e. The van der Waals surface area contributed by atoms with E-state index in [0.29, 0.717) is 31.1 Å². The number of hydrogen-bond acceptors (Lipinski definition) is 5. The van der Waals surface area contributed by atoms with Crippen molar-refractivity contribution in [1.82, 2.24) is 4.90 Å². The quantitative estimate of drug-likeness (QED) is 0.894. The van der Waals surface area contributed by atoms with E-state index in [1.54, 1.807) is 11.8 Å². The number of aryl methyl sites for hydroxylation is 1. The fourth-order valence-corrected chi connectivity index (χ4v) is 3.55. The zero-order valence-electron chi connectivity index (χ0n) is 12.6. The molecule has 3 atom stereocenters. The van der Waals surface area contributed by atoms with E-state index in [2.05, 4.69) is 0 Å². The first kappa shape index (κ1) is 15.1. The predicted octanol–water partition coefficient (Wildman–Crippen LogP) is 1.46. The fraction of sp³-hybridized carbons (Fsp3) is 0.625. The molecule has 0 bridgehead atoms. The van der Waals surface area contributed by atoms with Crippen LogP contribution in [0.2, 0.25) is 0 Å². The normalized spacial score (nSPS) is 28.6. The van der Waals surface area contributed by atoms with Gasteiger partial charge in [0, 0.05) is 18.5 Å². The molecule has 118 valence electrons. The van der Waals surface area contributed by atoms with Crippen LogP contribution in [-0.2, 0) is 4.74 Å². The van der Waals surface area contributed by atoms with Gasteiger partial charge in [-0.15, -0.1) is 0 Å². The first-order valence-electron chi connectivity index (χ1n) is 7.69. The van der Waals surface area contributed by atoms with Crippen LogP contribution in [0.25, 0.3) is 0 Å². The lowest BCUT2D eigenvalue weighted by Gasteiger charge is -2.40. The highest BCUT2D eigenvalue weighted by Gasteiger charge is 2.40. The van der Waals surface area contributed by atoms with Crippen LogP contribution in [0.1, 0.15) is 41.1 Å². The van der Waals surface area contributed by atoms with Crippen LogP contribution >= 0.6 is 0 Å². The third-order valence-electron chi connectivity index (χ3n) is 4.71. The summed E-state index contributed by atoms with van der Waals surface area (Å²) in [7, 11) is 0. The van der Waals surface area contributed by atoms with Crippen LogP contribution in [0.5, 0.6) is 0 Å². The maximum atomic E-state index is 12.8. The molecule has 3 rings (SSSR count). The number of carbonyl (C=O) groups excluding carboxylic acids is 1. The number of nitriles is 1. The number of nitrogens with zero attached hydrogens (tertiary/aromatic N) is 2. The number of aliphatic hydroxyl groups excluding tert-OH is 1. The molecule has 2 heterocycles. The van der Waals surface area contributed by atoms with E-state index in [9.17, 15) is 9.90 Å². The first-order valence-corrected chi connectivity index (χ1v) is 7.69. The van der Waals surface area contributed by atoms with E-state index < -0.39 is 0 Å². The fourth-order valence-electron chi connectivity index (χ4n) is 3.55. The van der Waals surface area contributed by atoms with Crippen LogP contribution in [0.3, 0.4) is 0 Å². The van der Waals surface area contributed by atoms with Gasteiger partial charge in [-0.25, -0.2) is 0 Å². The third-order valence-corrected chi connectivity index (χ3v) is 4.71. The van der Waals surface area contributed by atoms with Gasteiger partial charge in [-0.05, 0) is 19.8 Å². The average molecular weight is 304 g/mol. The van der Waals surface area contributed by atoms with Crippen LogP contribution in [0, 0.1) is 24.2 Å². The minimum absolute atomic E-state index is 0.0619.